The fourth-order valence-electron chi connectivity index (χ4n) is 3.63. The van der Waals surface area contributed by atoms with Crippen LogP contribution in [-0.2, 0) is 22.1 Å². The molecule has 1 aliphatic rings. The molecule has 0 bridgehead atoms. The van der Waals surface area contributed by atoms with Gasteiger partial charge in [0, 0.05) is 0 Å². The number of alkyl halides is 3. The van der Waals surface area contributed by atoms with E-state index in [1.165, 1.54) is 6.07 Å². The van der Waals surface area contributed by atoms with Crippen molar-refractivity contribution in [1.82, 2.24) is 0 Å². The van der Waals surface area contributed by atoms with Crippen LogP contribution in [0.25, 0.3) is 0 Å². The summed E-state index contributed by atoms with van der Waals surface area (Å²) in [6, 6.07) is 14.1. The van der Waals surface area contributed by atoms with Crippen LogP contribution in [0, 0.1) is 0 Å². The second-order valence-corrected chi connectivity index (χ2v) is 9.12. The van der Waals surface area contributed by atoms with Crippen molar-refractivity contribution in [3.8, 4) is 5.75 Å². The minimum absolute atomic E-state index is 0.143. The molecule has 3 rings (SSSR count). The third kappa shape index (κ3) is 6.70. The fraction of sp³-hybridized carbons (Fsp3) is 0.520. The molecule has 2 N–H and O–H groups in total. The lowest BCUT2D eigenvalue weighted by Crippen LogP contribution is -2.57. The lowest BCUT2D eigenvalue weighted by molar-refractivity contribution is -0.267. The molecule has 0 saturated carbocycles. The lowest BCUT2D eigenvalue weighted by Gasteiger charge is -2.41. The molecule has 2 aromatic carbocycles. The normalized spacial score (nSPS) is 18.8. The van der Waals surface area contributed by atoms with E-state index in [1.807, 2.05) is 51.1 Å². The maximum atomic E-state index is 13.7. The first-order valence-corrected chi connectivity index (χ1v) is 10.9. The van der Waals surface area contributed by atoms with Crippen LogP contribution < -0.4 is 10.5 Å². The van der Waals surface area contributed by atoms with Crippen molar-refractivity contribution in [2.24, 2.45) is 5.73 Å². The highest BCUT2D eigenvalue weighted by Gasteiger charge is 2.38. The van der Waals surface area contributed by atoms with E-state index in [1.54, 1.807) is 6.07 Å². The van der Waals surface area contributed by atoms with Crippen LogP contribution >= 0.6 is 0 Å². The van der Waals surface area contributed by atoms with Crippen molar-refractivity contribution >= 4 is 0 Å². The van der Waals surface area contributed by atoms with Crippen LogP contribution in [-0.4, -0.2) is 31.1 Å². The Morgan fingerprint density at radius 3 is 2.34 bits per heavy atom. The van der Waals surface area contributed by atoms with Gasteiger partial charge in [0.15, 0.2) is 5.79 Å². The molecule has 0 aliphatic carbocycles. The molecule has 1 unspecified atom stereocenters. The van der Waals surface area contributed by atoms with Crippen LogP contribution in [0.4, 0.5) is 13.2 Å². The van der Waals surface area contributed by atoms with Gasteiger partial charge in [-0.25, -0.2) is 0 Å². The zero-order chi connectivity index (χ0) is 23.4. The first-order chi connectivity index (χ1) is 15.0. The number of benzene rings is 2. The average molecular weight is 452 g/mol. The Hall–Kier alpha value is -2.09. The zero-order valence-electron chi connectivity index (χ0n) is 18.9. The molecule has 0 spiro atoms. The first-order valence-electron chi connectivity index (χ1n) is 10.9. The van der Waals surface area contributed by atoms with Gasteiger partial charge in [-0.3, -0.25) is 0 Å². The average Bonchev–Trinajstić information content (AvgIpc) is 2.75. The van der Waals surface area contributed by atoms with Gasteiger partial charge in [-0.15, -0.1) is 0 Å². The molecule has 1 atom stereocenters. The molecular formula is C25H32F3NO3. The standard InChI is InChI=1S/C25H32F3NO3/c1-18(20-7-5-4-6-8-20)12-14-30-22-10-9-19(15-21(22)25(26,27)28)11-13-24(29)16-31-23(2,3)32-17-24/h4-10,15,18H,11-14,16-17,29H2,1-3H3. The highest BCUT2D eigenvalue weighted by molar-refractivity contribution is 5.39. The number of nitrogens with two attached hydrogens (primary N) is 1. The van der Waals surface area contributed by atoms with Crippen molar-refractivity contribution in [1.29, 1.82) is 0 Å². The minimum atomic E-state index is -4.50. The molecule has 32 heavy (non-hydrogen) atoms. The van der Waals surface area contributed by atoms with Crippen LogP contribution in [0.2, 0.25) is 0 Å². The van der Waals surface area contributed by atoms with Gasteiger partial charge in [0.1, 0.15) is 5.75 Å². The second-order valence-electron chi connectivity index (χ2n) is 9.12. The Labute approximate surface area is 187 Å². The molecule has 0 aromatic heterocycles. The Morgan fingerprint density at radius 1 is 1.06 bits per heavy atom. The predicted octanol–water partition coefficient (Wildman–Crippen LogP) is 5.69. The molecule has 4 nitrogen and oxygen atoms in total. The molecule has 1 heterocycles. The van der Waals surface area contributed by atoms with E-state index < -0.39 is 23.1 Å². The van der Waals surface area contributed by atoms with Gasteiger partial charge in [0.2, 0.25) is 0 Å². The van der Waals surface area contributed by atoms with E-state index in [2.05, 4.69) is 0 Å². The summed E-state index contributed by atoms with van der Waals surface area (Å²) in [6.07, 6.45) is -3.04. The summed E-state index contributed by atoms with van der Waals surface area (Å²) < 4.78 is 57.9. The number of aryl methyl sites for hydroxylation is 1. The van der Waals surface area contributed by atoms with Crippen molar-refractivity contribution < 1.29 is 27.4 Å². The van der Waals surface area contributed by atoms with Crippen LogP contribution in [0.15, 0.2) is 48.5 Å². The smallest absolute Gasteiger partial charge is 0.419 e. The van der Waals surface area contributed by atoms with Gasteiger partial charge in [0.05, 0.1) is 30.9 Å². The SMILES string of the molecule is CC(CCOc1ccc(CCC2(N)COC(C)(C)OC2)cc1C(F)(F)F)c1ccccc1. The summed E-state index contributed by atoms with van der Waals surface area (Å²) in [4.78, 5) is 0. The van der Waals surface area contributed by atoms with Crippen molar-refractivity contribution in [2.45, 2.75) is 63.5 Å². The summed E-state index contributed by atoms with van der Waals surface area (Å²) in [5.41, 5.74) is 6.53. The van der Waals surface area contributed by atoms with E-state index in [4.69, 9.17) is 19.9 Å². The van der Waals surface area contributed by atoms with Gasteiger partial charge in [0.25, 0.3) is 0 Å². The van der Waals surface area contributed by atoms with Crippen molar-refractivity contribution in [3.05, 3.63) is 65.2 Å². The van der Waals surface area contributed by atoms with E-state index >= 15 is 0 Å². The van der Waals surface area contributed by atoms with Crippen LogP contribution in [0.5, 0.6) is 5.75 Å². The number of ether oxygens (including phenoxy) is 3. The van der Waals surface area contributed by atoms with Crippen LogP contribution in [0.1, 0.15) is 56.2 Å². The van der Waals surface area contributed by atoms with E-state index in [0.29, 0.717) is 38.0 Å². The van der Waals surface area contributed by atoms with Gasteiger partial charge in [-0.2, -0.15) is 13.2 Å². The molecular weight excluding hydrogens is 419 g/mol. The summed E-state index contributed by atoms with van der Waals surface area (Å²) in [6.45, 7) is 6.45. The third-order valence-corrected chi connectivity index (χ3v) is 5.85. The van der Waals surface area contributed by atoms with E-state index in [9.17, 15) is 13.2 Å². The lowest BCUT2D eigenvalue weighted by atomic mass is 9.92. The maximum Gasteiger partial charge on any atom is 0.419 e. The highest BCUT2D eigenvalue weighted by Crippen LogP contribution is 2.37. The number of rotatable bonds is 8. The second kappa shape index (κ2) is 9.81. The summed E-state index contributed by atoms with van der Waals surface area (Å²) in [5.74, 6) is -0.644. The first kappa shape index (κ1) is 24.6. The Morgan fingerprint density at radius 2 is 1.72 bits per heavy atom. The van der Waals surface area contributed by atoms with Crippen molar-refractivity contribution in [3.63, 3.8) is 0 Å². The Bertz CT molecular complexity index is 874. The summed E-state index contributed by atoms with van der Waals surface area (Å²) in [5, 5.41) is 0. The topological polar surface area (TPSA) is 53.7 Å². The van der Waals surface area contributed by atoms with Gasteiger partial charge >= 0.3 is 6.18 Å². The highest BCUT2D eigenvalue weighted by atomic mass is 19.4. The monoisotopic (exact) mass is 451 g/mol. The quantitative estimate of drug-likeness (QED) is 0.560. The van der Waals surface area contributed by atoms with Crippen molar-refractivity contribution in [2.75, 3.05) is 19.8 Å². The summed E-state index contributed by atoms with van der Waals surface area (Å²) in [7, 11) is 0. The molecule has 7 heteroatoms. The van der Waals surface area contributed by atoms with Gasteiger partial charge in [-0.1, -0.05) is 43.3 Å². The Kier molecular flexibility index (Phi) is 7.53. The number of hydrogen-bond acceptors (Lipinski definition) is 4. The number of hydrogen-bond donors (Lipinski definition) is 1. The third-order valence-electron chi connectivity index (χ3n) is 5.85. The molecule has 1 saturated heterocycles. The van der Waals surface area contributed by atoms with E-state index in [-0.39, 0.29) is 18.3 Å². The molecule has 2 aromatic rings. The summed E-state index contributed by atoms with van der Waals surface area (Å²) >= 11 is 0. The van der Waals surface area contributed by atoms with Crippen LogP contribution in [0.3, 0.4) is 0 Å². The fourth-order valence-corrected chi connectivity index (χ4v) is 3.63. The largest absolute Gasteiger partial charge is 0.493 e. The molecule has 1 fully saturated rings. The molecule has 176 valence electrons. The predicted molar refractivity (Wildman–Crippen MR) is 118 cm³/mol. The minimum Gasteiger partial charge on any atom is -0.493 e. The molecule has 0 amide bonds. The van der Waals surface area contributed by atoms with E-state index in [0.717, 1.165) is 11.6 Å². The number of halogens is 3. The van der Waals surface area contributed by atoms with Gasteiger partial charge < -0.3 is 19.9 Å². The molecule has 1 aliphatic heterocycles. The molecule has 0 radical (unpaired) electrons. The zero-order valence-corrected chi connectivity index (χ0v) is 18.9. The Balaban J connectivity index is 1.62. The van der Waals surface area contributed by atoms with Gasteiger partial charge in [-0.05, 0) is 62.3 Å². The maximum absolute atomic E-state index is 13.7.